The molecule has 0 spiro atoms. The van der Waals surface area contributed by atoms with E-state index >= 15 is 0 Å². The molecule has 2 rings (SSSR count). The van der Waals surface area contributed by atoms with Gasteiger partial charge in [0.05, 0.1) is 0 Å². The van der Waals surface area contributed by atoms with Crippen LogP contribution in [0.2, 0.25) is 0 Å². The molecule has 4 N–H and O–H groups in total. The fraction of sp³-hybridized carbons (Fsp3) is 0.250. The van der Waals surface area contributed by atoms with E-state index < -0.39 is 0 Å². The van der Waals surface area contributed by atoms with Gasteiger partial charge < -0.3 is 20.9 Å². The lowest BCUT2D eigenvalue weighted by molar-refractivity contribution is 1.13. The second-order valence-corrected chi connectivity index (χ2v) is 4.15. The van der Waals surface area contributed by atoms with E-state index in [-0.39, 0.29) is 0 Å². The van der Waals surface area contributed by atoms with Gasteiger partial charge in [0.1, 0.15) is 11.6 Å². The molecule has 0 unspecified atom stereocenters. The second kappa shape index (κ2) is 4.37. The number of aromatic amines is 1. The van der Waals surface area contributed by atoms with E-state index in [1.54, 1.807) is 0 Å². The van der Waals surface area contributed by atoms with E-state index in [4.69, 9.17) is 5.73 Å². The van der Waals surface area contributed by atoms with Crippen molar-refractivity contribution in [2.45, 2.75) is 6.92 Å². The number of nitrogens with two attached hydrogens (primary N) is 1. The monoisotopic (exact) mass is 231 g/mol. The molecule has 17 heavy (non-hydrogen) atoms. The van der Waals surface area contributed by atoms with Crippen LogP contribution in [-0.2, 0) is 0 Å². The molecule has 1 aromatic heterocycles. The first-order valence-corrected chi connectivity index (χ1v) is 5.43. The number of benzene rings is 1. The summed E-state index contributed by atoms with van der Waals surface area (Å²) in [5.41, 5.74) is 7.90. The summed E-state index contributed by atoms with van der Waals surface area (Å²) in [6.07, 6.45) is 0. The largest absolute Gasteiger partial charge is 0.382 e. The number of aromatic nitrogens is 2. The van der Waals surface area contributed by atoms with E-state index in [1.807, 2.05) is 45.3 Å². The van der Waals surface area contributed by atoms with Gasteiger partial charge in [0.25, 0.3) is 0 Å². The summed E-state index contributed by atoms with van der Waals surface area (Å²) in [6, 6.07) is 8.08. The normalized spacial score (nSPS) is 10.3. The predicted octanol–water partition coefficient (Wildman–Crippen LogP) is 2.11. The van der Waals surface area contributed by atoms with E-state index in [0.717, 1.165) is 17.2 Å². The van der Waals surface area contributed by atoms with Gasteiger partial charge in [0.2, 0.25) is 0 Å². The average molecular weight is 231 g/mol. The van der Waals surface area contributed by atoms with Crippen molar-refractivity contribution < 1.29 is 0 Å². The molecule has 0 aliphatic heterocycles. The fourth-order valence-electron chi connectivity index (χ4n) is 1.58. The Morgan fingerprint density at radius 1 is 1.24 bits per heavy atom. The van der Waals surface area contributed by atoms with Crippen LogP contribution in [0.3, 0.4) is 0 Å². The Labute approximate surface area is 101 Å². The number of imidazole rings is 1. The first-order valence-electron chi connectivity index (χ1n) is 5.43. The lowest BCUT2D eigenvalue weighted by Crippen LogP contribution is -2.08. The number of anilines is 4. The van der Waals surface area contributed by atoms with Crippen LogP contribution >= 0.6 is 0 Å². The Morgan fingerprint density at radius 3 is 2.35 bits per heavy atom. The Morgan fingerprint density at radius 2 is 1.88 bits per heavy atom. The van der Waals surface area contributed by atoms with Crippen LogP contribution < -0.4 is 16.0 Å². The van der Waals surface area contributed by atoms with Gasteiger partial charge in [-0.25, -0.2) is 4.98 Å². The predicted molar refractivity (Wildman–Crippen MR) is 71.8 cm³/mol. The second-order valence-electron chi connectivity index (χ2n) is 4.15. The molecule has 0 atom stereocenters. The van der Waals surface area contributed by atoms with Crippen LogP contribution in [0.25, 0.3) is 0 Å². The summed E-state index contributed by atoms with van der Waals surface area (Å²) < 4.78 is 0. The molecule has 0 aliphatic carbocycles. The van der Waals surface area contributed by atoms with Gasteiger partial charge in [0.15, 0.2) is 5.82 Å². The highest BCUT2D eigenvalue weighted by atomic mass is 15.1. The van der Waals surface area contributed by atoms with E-state index in [9.17, 15) is 0 Å². The zero-order chi connectivity index (χ0) is 12.4. The lowest BCUT2D eigenvalue weighted by atomic mass is 10.2. The van der Waals surface area contributed by atoms with Crippen LogP contribution in [0.1, 0.15) is 5.82 Å². The third kappa shape index (κ3) is 2.50. The summed E-state index contributed by atoms with van der Waals surface area (Å²) in [5.74, 6) is 2.02. The molecule has 1 aromatic carbocycles. The number of hydrogen-bond donors (Lipinski definition) is 3. The Hall–Kier alpha value is -2.17. The lowest BCUT2D eigenvalue weighted by Gasteiger charge is -2.12. The zero-order valence-electron chi connectivity index (χ0n) is 10.3. The Balaban J connectivity index is 2.16. The number of hydrogen-bond acceptors (Lipinski definition) is 4. The van der Waals surface area contributed by atoms with Crippen molar-refractivity contribution in [3.05, 3.63) is 30.1 Å². The average Bonchev–Trinajstić information content (AvgIpc) is 2.58. The molecule has 0 amide bonds. The van der Waals surface area contributed by atoms with Crippen molar-refractivity contribution >= 4 is 23.0 Å². The van der Waals surface area contributed by atoms with Crippen molar-refractivity contribution in [1.82, 2.24) is 9.97 Å². The van der Waals surface area contributed by atoms with Crippen LogP contribution in [0.15, 0.2) is 24.3 Å². The van der Waals surface area contributed by atoms with Gasteiger partial charge in [-0.1, -0.05) is 0 Å². The quantitative estimate of drug-likeness (QED) is 0.756. The summed E-state index contributed by atoms with van der Waals surface area (Å²) in [7, 11) is 4.02. The summed E-state index contributed by atoms with van der Waals surface area (Å²) in [4.78, 5) is 9.27. The molecule has 2 aromatic rings. The molecule has 5 heteroatoms. The summed E-state index contributed by atoms with van der Waals surface area (Å²) in [5, 5.41) is 3.17. The number of aryl methyl sites for hydroxylation is 1. The van der Waals surface area contributed by atoms with Crippen molar-refractivity contribution in [2.75, 3.05) is 30.0 Å². The molecule has 0 saturated heterocycles. The molecule has 90 valence electrons. The van der Waals surface area contributed by atoms with Gasteiger partial charge in [-0.05, 0) is 31.2 Å². The number of rotatable bonds is 3. The van der Waals surface area contributed by atoms with E-state index in [0.29, 0.717) is 11.6 Å². The van der Waals surface area contributed by atoms with Crippen molar-refractivity contribution in [3.8, 4) is 0 Å². The molecule has 0 fully saturated rings. The first-order chi connectivity index (χ1) is 8.06. The molecule has 0 saturated carbocycles. The first kappa shape index (κ1) is 11.3. The highest BCUT2D eigenvalue weighted by Gasteiger charge is 2.04. The molecule has 0 aliphatic rings. The third-order valence-electron chi connectivity index (χ3n) is 2.50. The number of nitrogen functional groups attached to an aromatic ring is 1. The Bertz CT molecular complexity index is 498. The maximum absolute atomic E-state index is 5.78. The minimum Gasteiger partial charge on any atom is -0.382 e. The smallest absolute Gasteiger partial charge is 0.173 e. The fourth-order valence-corrected chi connectivity index (χ4v) is 1.58. The van der Waals surface area contributed by atoms with Crippen LogP contribution in [-0.4, -0.2) is 24.1 Å². The third-order valence-corrected chi connectivity index (χ3v) is 2.50. The van der Waals surface area contributed by atoms with E-state index in [1.165, 1.54) is 0 Å². The molecule has 1 heterocycles. The van der Waals surface area contributed by atoms with Gasteiger partial charge in [-0.3, -0.25) is 0 Å². The topological polar surface area (TPSA) is 70.0 Å². The van der Waals surface area contributed by atoms with Gasteiger partial charge in [-0.2, -0.15) is 0 Å². The van der Waals surface area contributed by atoms with Gasteiger partial charge in [-0.15, -0.1) is 0 Å². The number of H-pyrrole nitrogens is 1. The molecule has 0 bridgehead atoms. The maximum Gasteiger partial charge on any atom is 0.173 e. The highest BCUT2D eigenvalue weighted by Crippen LogP contribution is 2.22. The summed E-state index contributed by atoms with van der Waals surface area (Å²) in [6.45, 7) is 1.87. The van der Waals surface area contributed by atoms with Crippen LogP contribution in [0, 0.1) is 6.92 Å². The number of nitrogens with zero attached hydrogens (tertiary/aromatic N) is 2. The van der Waals surface area contributed by atoms with Crippen molar-refractivity contribution in [3.63, 3.8) is 0 Å². The minimum atomic E-state index is 0.555. The van der Waals surface area contributed by atoms with E-state index in [2.05, 4.69) is 20.2 Å². The molecular formula is C12H17N5. The Kier molecular flexibility index (Phi) is 2.91. The molecular weight excluding hydrogens is 214 g/mol. The minimum absolute atomic E-state index is 0.555. The van der Waals surface area contributed by atoms with Crippen LogP contribution in [0.4, 0.5) is 23.0 Å². The molecule has 5 nitrogen and oxygen atoms in total. The maximum atomic E-state index is 5.78. The summed E-state index contributed by atoms with van der Waals surface area (Å²) >= 11 is 0. The van der Waals surface area contributed by atoms with Gasteiger partial charge in [0, 0.05) is 25.5 Å². The van der Waals surface area contributed by atoms with Crippen molar-refractivity contribution in [1.29, 1.82) is 0 Å². The highest BCUT2D eigenvalue weighted by molar-refractivity contribution is 5.67. The SMILES string of the molecule is Cc1nc(Nc2ccc(N(C)C)cc2)c(N)[nH]1. The standard InChI is InChI=1S/C12H17N5/c1-8-14-11(13)12(15-8)16-9-4-6-10(7-5-9)17(2)3/h4-7,16H,13H2,1-3H3,(H,14,15). The van der Waals surface area contributed by atoms with Crippen molar-refractivity contribution in [2.24, 2.45) is 0 Å². The number of nitrogens with one attached hydrogen (secondary N) is 2. The van der Waals surface area contributed by atoms with Gasteiger partial charge >= 0.3 is 0 Å². The molecule has 0 radical (unpaired) electrons. The zero-order valence-corrected chi connectivity index (χ0v) is 10.3. The van der Waals surface area contributed by atoms with Crippen LogP contribution in [0.5, 0.6) is 0 Å².